The Bertz CT molecular complexity index is 553. The molecule has 2 rings (SSSR count). The van der Waals surface area contributed by atoms with Gasteiger partial charge in [0, 0.05) is 17.3 Å². The van der Waals surface area contributed by atoms with Crippen LogP contribution in [0.3, 0.4) is 0 Å². The number of nitrogens with zero attached hydrogens (tertiary/aromatic N) is 1. The Hall–Kier alpha value is -1.71. The van der Waals surface area contributed by atoms with E-state index in [9.17, 15) is 4.79 Å². The Morgan fingerprint density at radius 1 is 1.41 bits per heavy atom. The normalized spacial score (nSPS) is 21.0. The van der Waals surface area contributed by atoms with Gasteiger partial charge in [0.05, 0.1) is 14.2 Å². The maximum atomic E-state index is 12.3. The number of carbonyl (C=O) groups is 1. The van der Waals surface area contributed by atoms with Crippen LogP contribution >= 0.6 is 0 Å². The molecule has 0 aromatic heterocycles. The van der Waals surface area contributed by atoms with E-state index in [1.54, 1.807) is 7.11 Å². The van der Waals surface area contributed by atoms with Gasteiger partial charge in [0.1, 0.15) is 11.8 Å². The van der Waals surface area contributed by atoms with Crippen molar-refractivity contribution in [1.29, 1.82) is 0 Å². The zero-order chi connectivity index (χ0) is 16.5. The largest absolute Gasteiger partial charge is 0.497 e. The quantitative estimate of drug-likeness (QED) is 0.794. The molecule has 0 fully saturated rings. The first-order chi connectivity index (χ1) is 10.4. The number of ether oxygens (including phenoxy) is 2. The van der Waals surface area contributed by atoms with Crippen molar-refractivity contribution in [2.24, 2.45) is 0 Å². The van der Waals surface area contributed by atoms with Crippen LogP contribution in [0, 0.1) is 0 Å². The Morgan fingerprint density at radius 2 is 2.09 bits per heavy atom. The SMILES string of the molecule is CC[C@@H](C(=O)OC)N1c2cc(OC)ccc2[C@@H](C)CC1(C)C. The summed E-state index contributed by atoms with van der Waals surface area (Å²) in [4.78, 5) is 14.5. The maximum Gasteiger partial charge on any atom is 0.328 e. The lowest BCUT2D eigenvalue weighted by Crippen LogP contribution is -2.56. The number of benzene rings is 1. The predicted molar refractivity (Wildman–Crippen MR) is 88.7 cm³/mol. The molecule has 1 aliphatic rings. The number of hydrogen-bond acceptors (Lipinski definition) is 4. The van der Waals surface area contributed by atoms with E-state index in [4.69, 9.17) is 9.47 Å². The Morgan fingerprint density at radius 3 is 2.64 bits per heavy atom. The number of fused-ring (bicyclic) bond motifs is 1. The molecule has 0 aliphatic carbocycles. The molecule has 0 unspecified atom stereocenters. The lowest BCUT2D eigenvalue weighted by atomic mass is 9.79. The van der Waals surface area contributed by atoms with Gasteiger partial charge in [0.2, 0.25) is 0 Å². The zero-order valence-electron chi connectivity index (χ0n) is 14.5. The van der Waals surface area contributed by atoms with Crippen molar-refractivity contribution in [2.45, 2.75) is 58.0 Å². The van der Waals surface area contributed by atoms with E-state index in [1.165, 1.54) is 12.7 Å². The number of carbonyl (C=O) groups excluding carboxylic acids is 1. The van der Waals surface area contributed by atoms with Crippen molar-refractivity contribution in [1.82, 2.24) is 0 Å². The van der Waals surface area contributed by atoms with Gasteiger partial charge in [-0.1, -0.05) is 19.9 Å². The summed E-state index contributed by atoms with van der Waals surface area (Å²) in [6, 6.07) is 5.87. The molecule has 22 heavy (non-hydrogen) atoms. The van der Waals surface area contributed by atoms with Crippen molar-refractivity contribution >= 4 is 11.7 Å². The molecule has 1 aromatic rings. The van der Waals surface area contributed by atoms with Crippen LogP contribution in [0.5, 0.6) is 5.75 Å². The number of hydrogen-bond donors (Lipinski definition) is 0. The van der Waals surface area contributed by atoms with Gasteiger partial charge in [-0.25, -0.2) is 4.79 Å². The molecule has 1 heterocycles. The summed E-state index contributed by atoms with van der Waals surface area (Å²) in [7, 11) is 3.12. The summed E-state index contributed by atoms with van der Waals surface area (Å²) in [6.45, 7) is 8.65. The molecule has 0 radical (unpaired) electrons. The average Bonchev–Trinajstić information content (AvgIpc) is 2.49. The van der Waals surface area contributed by atoms with E-state index in [0.29, 0.717) is 12.3 Å². The van der Waals surface area contributed by atoms with Crippen LogP contribution in [0.25, 0.3) is 0 Å². The van der Waals surface area contributed by atoms with E-state index in [2.05, 4.69) is 31.7 Å². The highest BCUT2D eigenvalue weighted by molar-refractivity contribution is 5.82. The third-order valence-corrected chi connectivity index (χ3v) is 4.66. The first-order valence-corrected chi connectivity index (χ1v) is 7.90. The third-order valence-electron chi connectivity index (χ3n) is 4.66. The molecule has 0 N–H and O–H groups in total. The fourth-order valence-corrected chi connectivity index (χ4v) is 3.74. The van der Waals surface area contributed by atoms with Gasteiger partial charge >= 0.3 is 5.97 Å². The molecule has 4 heteroatoms. The zero-order valence-corrected chi connectivity index (χ0v) is 14.5. The van der Waals surface area contributed by atoms with E-state index in [0.717, 1.165) is 17.9 Å². The van der Waals surface area contributed by atoms with E-state index < -0.39 is 0 Å². The van der Waals surface area contributed by atoms with Gasteiger partial charge < -0.3 is 14.4 Å². The summed E-state index contributed by atoms with van der Waals surface area (Å²) in [5, 5.41) is 0. The highest BCUT2D eigenvalue weighted by atomic mass is 16.5. The first kappa shape index (κ1) is 16.7. The van der Waals surface area contributed by atoms with Crippen LogP contribution in [0.15, 0.2) is 18.2 Å². The molecular weight excluding hydrogens is 278 g/mol. The first-order valence-electron chi connectivity index (χ1n) is 7.90. The molecule has 1 aliphatic heterocycles. The van der Waals surface area contributed by atoms with Crippen molar-refractivity contribution < 1.29 is 14.3 Å². The number of anilines is 1. The number of esters is 1. The predicted octanol–water partition coefficient (Wildman–Crippen LogP) is 3.74. The van der Waals surface area contributed by atoms with Crippen LogP contribution in [0.1, 0.15) is 52.0 Å². The lowest BCUT2D eigenvalue weighted by molar-refractivity contribution is -0.142. The van der Waals surface area contributed by atoms with Gasteiger partial charge in [0.15, 0.2) is 0 Å². The van der Waals surface area contributed by atoms with Crippen LogP contribution in [-0.4, -0.2) is 31.8 Å². The van der Waals surface area contributed by atoms with Crippen molar-refractivity contribution in [2.75, 3.05) is 19.1 Å². The topological polar surface area (TPSA) is 38.8 Å². The van der Waals surface area contributed by atoms with E-state index in [-0.39, 0.29) is 17.6 Å². The minimum absolute atomic E-state index is 0.117. The van der Waals surface area contributed by atoms with Crippen LogP contribution < -0.4 is 9.64 Å². The van der Waals surface area contributed by atoms with Gasteiger partial charge in [-0.15, -0.1) is 0 Å². The molecular formula is C18H27NO3. The summed E-state index contributed by atoms with van der Waals surface area (Å²) in [5.41, 5.74) is 2.23. The van der Waals surface area contributed by atoms with Gasteiger partial charge in [-0.2, -0.15) is 0 Å². The number of rotatable bonds is 4. The Balaban J connectivity index is 2.59. The molecule has 122 valence electrons. The van der Waals surface area contributed by atoms with Gasteiger partial charge in [-0.3, -0.25) is 0 Å². The molecule has 0 spiro atoms. The van der Waals surface area contributed by atoms with Crippen LogP contribution in [0.2, 0.25) is 0 Å². The molecule has 0 amide bonds. The molecule has 1 aromatic carbocycles. The maximum absolute atomic E-state index is 12.3. The second-order valence-corrected chi connectivity index (χ2v) is 6.66. The summed E-state index contributed by atoms with van der Waals surface area (Å²) < 4.78 is 10.4. The van der Waals surface area contributed by atoms with E-state index in [1.807, 2.05) is 19.1 Å². The molecule has 0 saturated heterocycles. The lowest BCUT2D eigenvalue weighted by Gasteiger charge is -2.50. The van der Waals surface area contributed by atoms with Crippen LogP contribution in [0.4, 0.5) is 5.69 Å². The smallest absolute Gasteiger partial charge is 0.328 e. The fourth-order valence-electron chi connectivity index (χ4n) is 3.74. The molecule has 4 nitrogen and oxygen atoms in total. The standard InChI is InChI=1S/C18H27NO3/c1-7-15(17(20)22-6)19-16-10-13(21-5)8-9-14(16)12(2)11-18(19,3)4/h8-10,12,15H,7,11H2,1-6H3/t12-,15-/m0/s1. The van der Waals surface area contributed by atoms with Crippen molar-refractivity contribution in [3.05, 3.63) is 23.8 Å². The molecule has 0 saturated carbocycles. The average molecular weight is 305 g/mol. The summed E-state index contributed by atoms with van der Waals surface area (Å²) in [5.74, 6) is 1.08. The summed E-state index contributed by atoms with van der Waals surface area (Å²) >= 11 is 0. The second-order valence-electron chi connectivity index (χ2n) is 6.66. The third kappa shape index (κ3) is 2.79. The van der Waals surface area contributed by atoms with Gasteiger partial charge in [0.25, 0.3) is 0 Å². The monoisotopic (exact) mass is 305 g/mol. The highest BCUT2D eigenvalue weighted by Crippen LogP contribution is 2.46. The molecule has 2 atom stereocenters. The van der Waals surface area contributed by atoms with Crippen LogP contribution in [-0.2, 0) is 9.53 Å². The second kappa shape index (κ2) is 6.19. The Labute approximate surface area is 133 Å². The van der Waals surface area contributed by atoms with E-state index >= 15 is 0 Å². The van der Waals surface area contributed by atoms with Crippen molar-refractivity contribution in [3.63, 3.8) is 0 Å². The minimum atomic E-state index is -0.279. The Kier molecular flexibility index (Phi) is 4.69. The number of methoxy groups -OCH3 is 2. The van der Waals surface area contributed by atoms with Gasteiger partial charge in [-0.05, 0) is 44.2 Å². The fraction of sp³-hybridized carbons (Fsp3) is 0.611. The molecule has 0 bridgehead atoms. The minimum Gasteiger partial charge on any atom is -0.497 e. The van der Waals surface area contributed by atoms with Crippen molar-refractivity contribution in [3.8, 4) is 5.75 Å². The highest BCUT2D eigenvalue weighted by Gasteiger charge is 2.42. The summed E-state index contributed by atoms with van der Waals surface area (Å²) in [6.07, 6.45) is 1.71.